The lowest BCUT2D eigenvalue weighted by Gasteiger charge is -2.23. The van der Waals surface area contributed by atoms with Gasteiger partial charge < -0.3 is 20.1 Å². The first kappa shape index (κ1) is 17.6. The van der Waals surface area contributed by atoms with Gasteiger partial charge in [-0.3, -0.25) is 4.79 Å². The highest BCUT2D eigenvalue weighted by Crippen LogP contribution is 2.17. The number of carbonyl (C=O) groups excluding carboxylic acids is 1. The van der Waals surface area contributed by atoms with Crippen LogP contribution < -0.4 is 20.1 Å². The van der Waals surface area contributed by atoms with Crippen molar-refractivity contribution in [3.8, 4) is 11.5 Å². The summed E-state index contributed by atoms with van der Waals surface area (Å²) in [5.41, 5.74) is 0. The first-order chi connectivity index (χ1) is 9.78. The molecule has 5 nitrogen and oxygen atoms in total. The smallest absolute Gasteiger partial charge is 0.223 e. The van der Waals surface area contributed by atoms with Crippen LogP contribution in [0, 0.1) is 0 Å². The summed E-state index contributed by atoms with van der Waals surface area (Å²) in [5, 5.41) is 6.30. The third-order valence-electron chi connectivity index (χ3n) is 3.32. The highest BCUT2D eigenvalue weighted by molar-refractivity contribution is 5.85. The fraction of sp³-hybridized carbons (Fsp3) is 0.533. The lowest BCUT2D eigenvalue weighted by molar-refractivity contribution is -0.122. The zero-order valence-electron chi connectivity index (χ0n) is 12.3. The molecule has 1 unspecified atom stereocenters. The maximum Gasteiger partial charge on any atom is 0.223 e. The third-order valence-corrected chi connectivity index (χ3v) is 3.32. The summed E-state index contributed by atoms with van der Waals surface area (Å²) in [5.74, 6) is 1.59. The van der Waals surface area contributed by atoms with Crippen molar-refractivity contribution in [2.75, 3.05) is 26.8 Å². The number of amides is 1. The molecule has 2 N–H and O–H groups in total. The van der Waals surface area contributed by atoms with Crippen LogP contribution in [0.2, 0.25) is 0 Å². The number of piperidine rings is 1. The Labute approximate surface area is 131 Å². The Morgan fingerprint density at radius 3 is 2.67 bits per heavy atom. The Bertz CT molecular complexity index is 419. The van der Waals surface area contributed by atoms with Gasteiger partial charge >= 0.3 is 0 Å². The van der Waals surface area contributed by atoms with Gasteiger partial charge in [0.2, 0.25) is 5.91 Å². The van der Waals surface area contributed by atoms with E-state index in [-0.39, 0.29) is 24.4 Å². The van der Waals surface area contributed by atoms with Crippen molar-refractivity contribution in [3.05, 3.63) is 24.3 Å². The quantitative estimate of drug-likeness (QED) is 0.840. The van der Waals surface area contributed by atoms with Gasteiger partial charge in [-0.15, -0.1) is 12.4 Å². The number of ether oxygens (including phenoxy) is 2. The number of carbonyl (C=O) groups is 1. The van der Waals surface area contributed by atoms with E-state index in [9.17, 15) is 4.79 Å². The van der Waals surface area contributed by atoms with Crippen LogP contribution in [0.5, 0.6) is 11.5 Å². The van der Waals surface area contributed by atoms with Gasteiger partial charge in [-0.05, 0) is 43.7 Å². The van der Waals surface area contributed by atoms with E-state index >= 15 is 0 Å². The molecule has 21 heavy (non-hydrogen) atoms. The SMILES string of the molecule is COc1ccc(OCCC(=O)NC2CCCNC2)cc1.Cl. The number of hydrogen-bond donors (Lipinski definition) is 2. The highest BCUT2D eigenvalue weighted by atomic mass is 35.5. The lowest BCUT2D eigenvalue weighted by Crippen LogP contribution is -2.45. The summed E-state index contributed by atoms with van der Waals surface area (Å²) < 4.78 is 10.6. The molecule has 0 saturated carbocycles. The van der Waals surface area contributed by atoms with E-state index in [4.69, 9.17) is 9.47 Å². The predicted molar refractivity (Wildman–Crippen MR) is 84.4 cm³/mol. The molecule has 1 saturated heterocycles. The predicted octanol–water partition coefficient (Wildman–Crippen LogP) is 1.75. The molecule has 1 aliphatic heterocycles. The van der Waals surface area contributed by atoms with E-state index in [0.29, 0.717) is 13.0 Å². The van der Waals surface area contributed by atoms with Crippen LogP contribution >= 0.6 is 12.4 Å². The molecule has 1 aliphatic rings. The van der Waals surface area contributed by atoms with E-state index in [1.807, 2.05) is 24.3 Å². The number of methoxy groups -OCH3 is 1. The second kappa shape index (κ2) is 9.47. The van der Waals surface area contributed by atoms with Gasteiger partial charge in [-0.2, -0.15) is 0 Å². The van der Waals surface area contributed by atoms with Crippen molar-refractivity contribution >= 4 is 18.3 Å². The van der Waals surface area contributed by atoms with Gasteiger partial charge in [-0.25, -0.2) is 0 Å². The summed E-state index contributed by atoms with van der Waals surface area (Å²) >= 11 is 0. The van der Waals surface area contributed by atoms with Gasteiger partial charge in [0.1, 0.15) is 11.5 Å². The second-order valence-corrected chi connectivity index (χ2v) is 4.88. The van der Waals surface area contributed by atoms with Crippen molar-refractivity contribution < 1.29 is 14.3 Å². The van der Waals surface area contributed by atoms with Crippen LogP contribution in [0.15, 0.2) is 24.3 Å². The van der Waals surface area contributed by atoms with Crippen molar-refractivity contribution in [2.45, 2.75) is 25.3 Å². The monoisotopic (exact) mass is 314 g/mol. The molecule has 0 radical (unpaired) electrons. The number of nitrogens with one attached hydrogen (secondary N) is 2. The van der Waals surface area contributed by atoms with E-state index in [2.05, 4.69) is 10.6 Å². The highest BCUT2D eigenvalue weighted by Gasteiger charge is 2.14. The van der Waals surface area contributed by atoms with Gasteiger partial charge in [0.15, 0.2) is 0 Å². The first-order valence-electron chi connectivity index (χ1n) is 7.05. The van der Waals surface area contributed by atoms with Gasteiger partial charge in [-0.1, -0.05) is 0 Å². The van der Waals surface area contributed by atoms with E-state index in [1.165, 1.54) is 0 Å². The minimum atomic E-state index is 0. The fourth-order valence-electron chi connectivity index (χ4n) is 2.21. The van der Waals surface area contributed by atoms with Gasteiger partial charge in [0.05, 0.1) is 20.1 Å². The van der Waals surface area contributed by atoms with E-state index < -0.39 is 0 Å². The van der Waals surface area contributed by atoms with Crippen LogP contribution in [-0.4, -0.2) is 38.8 Å². The van der Waals surface area contributed by atoms with Crippen molar-refractivity contribution in [2.24, 2.45) is 0 Å². The minimum absolute atomic E-state index is 0. The first-order valence-corrected chi connectivity index (χ1v) is 7.05. The molecule has 0 bridgehead atoms. The molecule has 1 aromatic rings. The van der Waals surface area contributed by atoms with Crippen molar-refractivity contribution in [1.82, 2.24) is 10.6 Å². The number of halogens is 1. The molecule has 0 aliphatic carbocycles. The normalized spacial score (nSPS) is 17.5. The molecular weight excluding hydrogens is 292 g/mol. The standard InChI is InChI=1S/C15H22N2O3.ClH/c1-19-13-4-6-14(7-5-13)20-10-8-15(18)17-12-3-2-9-16-11-12;/h4-7,12,16H,2-3,8-11H2,1H3,(H,17,18);1H. The lowest BCUT2D eigenvalue weighted by atomic mass is 10.1. The molecular formula is C15H23ClN2O3. The number of hydrogen-bond acceptors (Lipinski definition) is 4. The van der Waals surface area contributed by atoms with Gasteiger partial charge in [0.25, 0.3) is 0 Å². The Kier molecular flexibility index (Phi) is 7.93. The Morgan fingerprint density at radius 2 is 2.05 bits per heavy atom. The third kappa shape index (κ3) is 6.23. The maximum atomic E-state index is 11.8. The Hall–Kier alpha value is -1.46. The van der Waals surface area contributed by atoms with Crippen LogP contribution in [0.4, 0.5) is 0 Å². The van der Waals surface area contributed by atoms with Crippen molar-refractivity contribution in [3.63, 3.8) is 0 Å². The average Bonchev–Trinajstić information content (AvgIpc) is 2.49. The zero-order valence-corrected chi connectivity index (χ0v) is 13.1. The second-order valence-electron chi connectivity index (χ2n) is 4.88. The zero-order chi connectivity index (χ0) is 14.2. The Balaban J connectivity index is 0.00000220. The molecule has 0 aromatic heterocycles. The number of rotatable bonds is 6. The summed E-state index contributed by atoms with van der Waals surface area (Å²) in [4.78, 5) is 11.8. The molecule has 1 heterocycles. The molecule has 1 atom stereocenters. The topological polar surface area (TPSA) is 59.6 Å². The maximum absolute atomic E-state index is 11.8. The molecule has 118 valence electrons. The summed E-state index contributed by atoms with van der Waals surface area (Å²) in [6.45, 7) is 2.30. The molecule has 1 fully saturated rings. The molecule has 0 spiro atoms. The number of benzene rings is 1. The van der Waals surface area contributed by atoms with E-state index in [0.717, 1.165) is 37.4 Å². The van der Waals surface area contributed by atoms with Gasteiger partial charge in [0, 0.05) is 12.6 Å². The molecule has 1 amide bonds. The summed E-state index contributed by atoms with van der Waals surface area (Å²) in [6.07, 6.45) is 2.55. The Morgan fingerprint density at radius 1 is 1.33 bits per heavy atom. The molecule has 1 aromatic carbocycles. The summed E-state index contributed by atoms with van der Waals surface area (Å²) in [6, 6.07) is 7.60. The average molecular weight is 315 g/mol. The summed E-state index contributed by atoms with van der Waals surface area (Å²) in [7, 11) is 1.63. The molecule has 2 rings (SSSR count). The van der Waals surface area contributed by atoms with Crippen LogP contribution in [0.1, 0.15) is 19.3 Å². The van der Waals surface area contributed by atoms with Crippen LogP contribution in [0.3, 0.4) is 0 Å². The largest absolute Gasteiger partial charge is 0.497 e. The van der Waals surface area contributed by atoms with E-state index in [1.54, 1.807) is 7.11 Å². The fourth-order valence-corrected chi connectivity index (χ4v) is 2.21. The minimum Gasteiger partial charge on any atom is -0.497 e. The van der Waals surface area contributed by atoms with Crippen LogP contribution in [0.25, 0.3) is 0 Å². The van der Waals surface area contributed by atoms with Crippen LogP contribution in [-0.2, 0) is 4.79 Å². The van der Waals surface area contributed by atoms with Crippen molar-refractivity contribution in [1.29, 1.82) is 0 Å². The molecule has 6 heteroatoms.